The van der Waals surface area contributed by atoms with Gasteiger partial charge in [0, 0.05) is 7.11 Å². The van der Waals surface area contributed by atoms with Crippen LogP contribution in [0.25, 0.3) is 0 Å². The van der Waals surface area contributed by atoms with Gasteiger partial charge >= 0.3 is 0 Å². The molecule has 68 valence electrons. The number of aromatic nitrogens is 2. The van der Waals surface area contributed by atoms with Crippen molar-refractivity contribution in [2.24, 2.45) is 5.73 Å². The SMILES string of the molecule is COC(C)(C)c1cnc(CN)[nH]1. The molecule has 0 amide bonds. The first-order valence-electron chi connectivity index (χ1n) is 3.89. The van der Waals surface area contributed by atoms with E-state index in [4.69, 9.17) is 10.5 Å². The van der Waals surface area contributed by atoms with Gasteiger partial charge in [-0.3, -0.25) is 0 Å². The maximum Gasteiger partial charge on any atom is 0.120 e. The second-order valence-electron chi connectivity index (χ2n) is 3.16. The molecule has 1 heterocycles. The number of H-pyrrole nitrogens is 1. The predicted octanol–water partition coefficient (Wildman–Crippen LogP) is 0.750. The van der Waals surface area contributed by atoms with E-state index in [0.717, 1.165) is 11.5 Å². The molecule has 4 nitrogen and oxygen atoms in total. The molecule has 0 unspecified atom stereocenters. The second-order valence-corrected chi connectivity index (χ2v) is 3.16. The van der Waals surface area contributed by atoms with Crippen LogP contribution >= 0.6 is 0 Å². The Morgan fingerprint density at radius 3 is 2.75 bits per heavy atom. The zero-order valence-electron chi connectivity index (χ0n) is 7.72. The number of ether oxygens (including phenoxy) is 1. The van der Waals surface area contributed by atoms with Crippen LogP contribution in [0.1, 0.15) is 25.4 Å². The van der Waals surface area contributed by atoms with E-state index in [9.17, 15) is 0 Å². The number of aromatic amines is 1. The second kappa shape index (κ2) is 3.25. The Balaban J connectivity index is 2.88. The molecule has 4 heteroatoms. The third-order valence-corrected chi connectivity index (χ3v) is 1.98. The summed E-state index contributed by atoms with van der Waals surface area (Å²) < 4.78 is 5.27. The Morgan fingerprint density at radius 2 is 2.33 bits per heavy atom. The molecule has 0 saturated heterocycles. The topological polar surface area (TPSA) is 63.9 Å². The lowest BCUT2D eigenvalue weighted by atomic mass is 10.1. The van der Waals surface area contributed by atoms with Gasteiger partial charge in [0.2, 0.25) is 0 Å². The molecule has 1 aromatic rings. The monoisotopic (exact) mass is 169 g/mol. The first kappa shape index (κ1) is 9.22. The van der Waals surface area contributed by atoms with Gasteiger partial charge in [-0.1, -0.05) is 0 Å². The summed E-state index contributed by atoms with van der Waals surface area (Å²) in [7, 11) is 1.67. The van der Waals surface area contributed by atoms with Crippen LogP contribution in [-0.4, -0.2) is 17.1 Å². The predicted molar refractivity (Wildman–Crippen MR) is 46.5 cm³/mol. The van der Waals surface area contributed by atoms with Crippen molar-refractivity contribution in [3.8, 4) is 0 Å². The summed E-state index contributed by atoms with van der Waals surface area (Å²) in [5, 5.41) is 0. The van der Waals surface area contributed by atoms with Crippen LogP contribution in [0.2, 0.25) is 0 Å². The van der Waals surface area contributed by atoms with E-state index in [-0.39, 0.29) is 5.60 Å². The molecule has 0 spiro atoms. The molecular weight excluding hydrogens is 154 g/mol. The van der Waals surface area contributed by atoms with Crippen molar-refractivity contribution in [2.75, 3.05) is 7.11 Å². The standard InChI is InChI=1S/C8H15N3O/c1-8(2,12-3)6-5-10-7(4-9)11-6/h5H,4,9H2,1-3H3,(H,10,11). The molecule has 0 aliphatic carbocycles. The molecule has 0 fully saturated rings. The van der Waals surface area contributed by atoms with Gasteiger partial charge in [-0.05, 0) is 13.8 Å². The fourth-order valence-corrected chi connectivity index (χ4v) is 0.882. The zero-order chi connectivity index (χ0) is 9.19. The van der Waals surface area contributed by atoms with Gasteiger partial charge in [0.05, 0.1) is 18.4 Å². The fraction of sp³-hybridized carbons (Fsp3) is 0.625. The van der Waals surface area contributed by atoms with Crippen molar-refractivity contribution < 1.29 is 4.74 Å². The minimum Gasteiger partial charge on any atom is -0.373 e. The molecule has 12 heavy (non-hydrogen) atoms. The van der Waals surface area contributed by atoms with E-state index < -0.39 is 0 Å². The van der Waals surface area contributed by atoms with Crippen LogP contribution in [0.4, 0.5) is 0 Å². The molecule has 0 aromatic carbocycles. The van der Waals surface area contributed by atoms with Crippen molar-refractivity contribution in [1.82, 2.24) is 9.97 Å². The smallest absolute Gasteiger partial charge is 0.120 e. The Bertz CT molecular complexity index is 255. The molecule has 0 aliphatic rings. The first-order chi connectivity index (χ1) is 5.60. The van der Waals surface area contributed by atoms with E-state index in [1.807, 2.05) is 13.8 Å². The highest BCUT2D eigenvalue weighted by atomic mass is 16.5. The summed E-state index contributed by atoms with van der Waals surface area (Å²) in [5.74, 6) is 0.787. The highest BCUT2D eigenvalue weighted by molar-refractivity contribution is 5.09. The quantitative estimate of drug-likeness (QED) is 0.701. The average Bonchev–Trinajstić information content (AvgIpc) is 2.52. The number of hydrogen-bond acceptors (Lipinski definition) is 3. The molecule has 0 atom stereocenters. The van der Waals surface area contributed by atoms with Crippen LogP contribution in [0.15, 0.2) is 6.20 Å². The van der Waals surface area contributed by atoms with Crippen molar-refractivity contribution in [1.29, 1.82) is 0 Å². The normalized spacial score (nSPS) is 12.0. The summed E-state index contributed by atoms with van der Waals surface area (Å²) in [6, 6.07) is 0. The molecule has 0 bridgehead atoms. The average molecular weight is 169 g/mol. The molecule has 0 radical (unpaired) electrons. The summed E-state index contributed by atoms with van der Waals surface area (Å²) >= 11 is 0. The lowest BCUT2D eigenvalue weighted by Gasteiger charge is -2.20. The van der Waals surface area contributed by atoms with E-state index >= 15 is 0 Å². The van der Waals surface area contributed by atoms with Crippen LogP contribution in [-0.2, 0) is 16.9 Å². The van der Waals surface area contributed by atoms with Crippen molar-refractivity contribution in [2.45, 2.75) is 26.0 Å². The summed E-state index contributed by atoms with van der Waals surface area (Å²) in [4.78, 5) is 7.18. The number of nitrogens with one attached hydrogen (secondary N) is 1. The van der Waals surface area contributed by atoms with Gasteiger partial charge in [0.25, 0.3) is 0 Å². The highest BCUT2D eigenvalue weighted by Gasteiger charge is 2.21. The maximum absolute atomic E-state index is 5.41. The largest absolute Gasteiger partial charge is 0.373 e. The van der Waals surface area contributed by atoms with Gasteiger partial charge in [-0.25, -0.2) is 4.98 Å². The fourth-order valence-electron chi connectivity index (χ4n) is 0.882. The Kier molecular flexibility index (Phi) is 2.49. The minimum absolute atomic E-state index is 0.319. The van der Waals surface area contributed by atoms with E-state index in [0.29, 0.717) is 6.54 Å². The molecule has 1 aromatic heterocycles. The Hall–Kier alpha value is -0.870. The summed E-state index contributed by atoms with van der Waals surface area (Å²) in [6.45, 7) is 4.38. The number of rotatable bonds is 3. The number of nitrogens with two attached hydrogens (primary N) is 1. The molecule has 0 aliphatic heterocycles. The Labute approximate surface area is 72.1 Å². The maximum atomic E-state index is 5.41. The van der Waals surface area contributed by atoms with E-state index in [2.05, 4.69) is 9.97 Å². The first-order valence-corrected chi connectivity index (χ1v) is 3.89. The summed E-state index contributed by atoms with van der Waals surface area (Å²) in [6.07, 6.45) is 1.76. The van der Waals surface area contributed by atoms with Crippen LogP contribution in [0.5, 0.6) is 0 Å². The van der Waals surface area contributed by atoms with Gasteiger partial charge in [-0.2, -0.15) is 0 Å². The van der Waals surface area contributed by atoms with Crippen molar-refractivity contribution in [3.63, 3.8) is 0 Å². The Morgan fingerprint density at radius 1 is 1.67 bits per heavy atom. The summed E-state index contributed by atoms with van der Waals surface area (Å²) in [5.41, 5.74) is 6.04. The van der Waals surface area contributed by atoms with Crippen molar-refractivity contribution in [3.05, 3.63) is 17.7 Å². The van der Waals surface area contributed by atoms with Gasteiger partial charge in [0.1, 0.15) is 11.4 Å². The molecule has 3 N–H and O–H groups in total. The van der Waals surface area contributed by atoms with E-state index in [1.54, 1.807) is 13.3 Å². The van der Waals surface area contributed by atoms with Crippen molar-refractivity contribution >= 4 is 0 Å². The lowest BCUT2D eigenvalue weighted by molar-refractivity contribution is 0.0157. The van der Waals surface area contributed by atoms with E-state index in [1.165, 1.54) is 0 Å². The number of hydrogen-bond donors (Lipinski definition) is 2. The van der Waals surface area contributed by atoms with Crippen LogP contribution < -0.4 is 5.73 Å². The number of methoxy groups -OCH3 is 1. The van der Waals surface area contributed by atoms with Gasteiger partial charge < -0.3 is 15.5 Å². The lowest BCUT2D eigenvalue weighted by Crippen LogP contribution is -2.20. The van der Waals surface area contributed by atoms with Gasteiger partial charge in [-0.15, -0.1) is 0 Å². The van der Waals surface area contributed by atoms with Crippen LogP contribution in [0, 0.1) is 0 Å². The minimum atomic E-state index is -0.319. The highest BCUT2D eigenvalue weighted by Crippen LogP contribution is 2.21. The molecule has 1 rings (SSSR count). The third-order valence-electron chi connectivity index (χ3n) is 1.98. The zero-order valence-corrected chi connectivity index (χ0v) is 7.72. The molecule has 0 saturated carbocycles. The molecular formula is C8H15N3O. The number of imidazole rings is 1. The van der Waals surface area contributed by atoms with Gasteiger partial charge in [0.15, 0.2) is 0 Å². The van der Waals surface area contributed by atoms with Crippen LogP contribution in [0.3, 0.4) is 0 Å². The third kappa shape index (κ3) is 1.65. The number of nitrogens with zero attached hydrogens (tertiary/aromatic N) is 1.